The van der Waals surface area contributed by atoms with Gasteiger partial charge in [0.2, 0.25) is 0 Å². The number of imidazole rings is 1. The van der Waals surface area contributed by atoms with Gasteiger partial charge in [-0.05, 0) is 90.6 Å². The van der Waals surface area contributed by atoms with E-state index in [4.69, 9.17) is 9.98 Å². The maximum absolute atomic E-state index is 4.94. The zero-order chi connectivity index (χ0) is 30.2. The fraction of sp³-hybridized carbons (Fsp3) is 0.150. The molecule has 45 heavy (non-hydrogen) atoms. The molecule has 2 aliphatic carbocycles. The monoisotopic (exact) mass is 585 g/mol. The molecule has 0 atom stereocenters. The SMILES string of the molecule is Cc1ccccc1N(C1=CC=C(C2=CN=C(C3=CC=C(c4nc5ccccc5[nH]4)CC3)CN2)CC1)c1cccc2ccccc12. The number of hydrogen-bond donors (Lipinski definition) is 2. The summed E-state index contributed by atoms with van der Waals surface area (Å²) in [7, 11) is 0. The number of aryl methyl sites for hydroxylation is 1. The summed E-state index contributed by atoms with van der Waals surface area (Å²) < 4.78 is 0. The van der Waals surface area contributed by atoms with Crippen molar-refractivity contribution in [1.29, 1.82) is 0 Å². The summed E-state index contributed by atoms with van der Waals surface area (Å²) in [6, 6.07) is 32.1. The average Bonchev–Trinajstić information content (AvgIpc) is 3.55. The van der Waals surface area contributed by atoms with Crippen LogP contribution in [0.4, 0.5) is 11.4 Å². The fourth-order valence-corrected chi connectivity index (χ4v) is 6.68. The van der Waals surface area contributed by atoms with Crippen LogP contribution in [0.3, 0.4) is 0 Å². The minimum atomic E-state index is 0.741. The number of benzene rings is 4. The van der Waals surface area contributed by atoms with Gasteiger partial charge in [0.1, 0.15) is 5.82 Å². The van der Waals surface area contributed by atoms with E-state index in [2.05, 4.69) is 125 Å². The second-order valence-corrected chi connectivity index (χ2v) is 11.9. The first-order chi connectivity index (χ1) is 22.2. The van der Waals surface area contributed by atoms with Gasteiger partial charge < -0.3 is 15.2 Å². The van der Waals surface area contributed by atoms with Crippen molar-refractivity contribution in [3.05, 3.63) is 155 Å². The van der Waals surface area contributed by atoms with E-state index in [0.717, 1.165) is 60.5 Å². The van der Waals surface area contributed by atoms with Crippen molar-refractivity contribution >= 4 is 44.5 Å². The van der Waals surface area contributed by atoms with Crippen molar-refractivity contribution in [2.75, 3.05) is 11.4 Å². The second kappa shape index (κ2) is 11.6. The predicted octanol–water partition coefficient (Wildman–Crippen LogP) is 9.46. The van der Waals surface area contributed by atoms with E-state index in [1.165, 1.54) is 50.1 Å². The molecule has 1 aromatic heterocycles. The summed E-state index contributed by atoms with van der Waals surface area (Å²) in [4.78, 5) is 15.6. The average molecular weight is 586 g/mol. The quantitative estimate of drug-likeness (QED) is 0.209. The molecule has 0 fully saturated rings. The Morgan fingerprint density at radius 3 is 2.20 bits per heavy atom. The highest BCUT2D eigenvalue weighted by atomic mass is 15.2. The predicted molar refractivity (Wildman–Crippen MR) is 188 cm³/mol. The lowest BCUT2D eigenvalue weighted by Crippen LogP contribution is -2.28. The van der Waals surface area contributed by atoms with Crippen LogP contribution in [-0.2, 0) is 0 Å². The van der Waals surface area contributed by atoms with Crippen LogP contribution in [0.15, 0.2) is 149 Å². The Balaban J connectivity index is 1.05. The van der Waals surface area contributed by atoms with E-state index in [0.29, 0.717) is 0 Å². The highest BCUT2D eigenvalue weighted by Crippen LogP contribution is 2.40. The van der Waals surface area contributed by atoms with Crippen LogP contribution in [-0.4, -0.2) is 22.2 Å². The lowest BCUT2D eigenvalue weighted by molar-refractivity contribution is 0.823. The molecule has 0 unspecified atom stereocenters. The molecule has 4 aromatic carbocycles. The van der Waals surface area contributed by atoms with Gasteiger partial charge in [0, 0.05) is 16.8 Å². The molecule has 1 aliphatic heterocycles. The zero-order valence-electron chi connectivity index (χ0n) is 25.4. The number of aromatic amines is 1. The van der Waals surface area contributed by atoms with E-state index in [1.807, 2.05) is 18.3 Å². The Hall–Kier alpha value is -5.42. The first-order valence-electron chi connectivity index (χ1n) is 15.8. The zero-order valence-corrected chi connectivity index (χ0v) is 25.4. The minimum absolute atomic E-state index is 0.741. The third kappa shape index (κ3) is 5.21. The third-order valence-electron chi connectivity index (χ3n) is 9.13. The van der Waals surface area contributed by atoms with Gasteiger partial charge in [-0.3, -0.25) is 4.99 Å². The molecular formula is C40H35N5. The molecule has 5 nitrogen and oxygen atoms in total. The van der Waals surface area contributed by atoms with Crippen molar-refractivity contribution in [1.82, 2.24) is 15.3 Å². The molecule has 3 aliphatic rings. The standard InChI is InChI=1S/C40H35N5/c1-27-9-2-7-15-38(27)45(39-16-8-11-28-10-3-4-12-33(28)39)32-23-21-30(22-24-32)37-26-41-36(25-42-37)29-17-19-31(20-18-29)40-43-34-13-5-6-14-35(34)44-40/h2-17,19,21,23,26,42H,18,20,22,24-25H2,1H3,(H,43,44). The van der Waals surface area contributed by atoms with Gasteiger partial charge in [-0.2, -0.15) is 0 Å². The van der Waals surface area contributed by atoms with Crippen LogP contribution < -0.4 is 10.2 Å². The highest BCUT2D eigenvalue weighted by molar-refractivity contribution is 6.04. The largest absolute Gasteiger partial charge is 0.378 e. The van der Waals surface area contributed by atoms with E-state index in [-0.39, 0.29) is 0 Å². The lowest BCUT2D eigenvalue weighted by atomic mass is 9.93. The number of hydrogen-bond acceptors (Lipinski definition) is 4. The second-order valence-electron chi connectivity index (χ2n) is 11.9. The number of nitrogens with zero attached hydrogens (tertiary/aromatic N) is 3. The summed E-state index contributed by atoms with van der Waals surface area (Å²) in [5.41, 5.74) is 13.2. The van der Waals surface area contributed by atoms with Crippen LogP contribution in [0.1, 0.15) is 37.1 Å². The van der Waals surface area contributed by atoms with Gasteiger partial charge in [-0.15, -0.1) is 0 Å². The molecule has 0 bridgehead atoms. The Kier molecular flexibility index (Phi) is 6.99. The number of allylic oxidation sites excluding steroid dienone is 7. The topological polar surface area (TPSA) is 56.3 Å². The number of anilines is 2. The molecule has 0 saturated heterocycles. The number of fused-ring (bicyclic) bond motifs is 2. The van der Waals surface area contributed by atoms with Crippen molar-refractivity contribution in [3.8, 4) is 0 Å². The number of rotatable bonds is 6. The number of aromatic nitrogens is 2. The maximum Gasteiger partial charge on any atom is 0.134 e. The molecule has 8 rings (SSSR count). The number of aliphatic imine (C=N–C) groups is 1. The van der Waals surface area contributed by atoms with Gasteiger partial charge in [0.15, 0.2) is 0 Å². The van der Waals surface area contributed by atoms with Crippen LogP contribution in [0, 0.1) is 6.92 Å². The normalized spacial score (nSPS) is 16.6. The molecule has 5 heteroatoms. The van der Waals surface area contributed by atoms with Crippen LogP contribution in [0.5, 0.6) is 0 Å². The lowest BCUT2D eigenvalue weighted by Gasteiger charge is -2.32. The van der Waals surface area contributed by atoms with Crippen LogP contribution in [0.25, 0.3) is 27.4 Å². The molecule has 220 valence electrons. The highest BCUT2D eigenvalue weighted by Gasteiger charge is 2.23. The summed E-state index contributed by atoms with van der Waals surface area (Å²) in [6.45, 7) is 2.94. The Morgan fingerprint density at radius 1 is 0.667 bits per heavy atom. The fourth-order valence-electron chi connectivity index (χ4n) is 6.68. The van der Waals surface area contributed by atoms with Crippen LogP contribution in [0.2, 0.25) is 0 Å². The van der Waals surface area contributed by atoms with E-state index < -0.39 is 0 Å². The molecule has 0 amide bonds. The molecule has 0 saturated carbocycles. The van der Waals surface area contributed by atoms with E-state index in [9.17, 15) is 0 Å². The van der Waals surface area contributed by atoms with Crippen molar-refractivity contribution < 1.29 is 0 Å². The third-order valence-corrected chi connectivity index (χ3v) is 9.13. The Labute approximate surface area is 263 Å². The molecule has 5 aromatic rings. The minimum Gasteiger partial charge on any atom is -0.378 e. The molecule has 2 heterocycles. The van der Waals surface area contributed by atoms with Crippen molar-refractivity contribution in [3.63, 3.8) is 0 Å². The molecular weight excluding hydrogens is 550 g/mol. The summed E-state index contributed by atoms with van der Waals surface area (Å²) >= 11 is 0. The van der Waals surface area contributed by atoms with Gasteiger partial charge in [0.25, 0.3) is 0 Å². The first-order valence-corrected chi connectivity index (χ1v) is 15.8. The van der Waals surface area contributed by atoms with Gasteiger partial charge in [-0.1, -0.05) is 85.0 Å². The van der Waals surface area contributed by atoms with Crippen molar-refractivity contribution in [2.24, 2.45) is 4.99 Å². The summed E-state index contributed by atoms with van der Waals surface area (Å²) in [5, 5.41) is 6.19. The number of nitrogens with one attached hydrogen (secondary N) is 2. The van der Waals surface area contributed by atoms with Gasteiger partial charge in [0.05, 0.1) is 40.9 Å². The Bertz CT molecular complexity index is 2100. The van der Waals surface area contributed by atoms with Gasteiger partial charge in [-0.25, -0.2) is 4.98 Å². The molecule has 0 radical (unpaired) electrons. The van der Waals surface area contributed by atoms with Crippen LogP contribution >= 0.6 is 0 Å². The van der Waals surface area contributed by atoms with E-state index in [1.54, 1.807) is 0 Å². The molecule has 0 spiro atoms. The van der Waals surface area contributed by atoms with Crippen molar-refractivity contribution in [2.45, 2.75) is 32.6 Å². The first kappa shape index (κ1) is 27.2. The number of para-hydroxylation sites is 3. The summed E-state index contributed by atoms with van der Waals surface area (Å²) in [6.07, 6.45) is 14.8. The Morgan fingerprint density at radius 2 is 1.40 bits per heavy atom. The number of H-pyrrole nitrogens is 1. The van der Waals surface area contributed by atoms with E-state index >= 15 is 0 Å². The summed E-state index contributed by atoms with van der Waals surface area (Å²) in [5.74, 6) is 0.968. The maximum atomic E-state index is 4.94. The van der Waals surface area contributed by atoms with Gasteiger partial charge >= 0.3 is 0 Å². The molecule has 2 N–H and O–H groups in total. The smallest absolute Gasteiger partial charge is 0.134 e.